The van der Waals surface area contributed by atoms with Gasteiger partial charge in [0.2, 0.25) is 5.91 Å². The van der Waals surface area contributed by atoms with Gasteiger partial charge in [0.15, 0.2) is 11.5 Å². The molecule has 0 N–H and O–H groups in total. The highest BCUT2D eigenvalue weighted by Gasteiger charge is 2.29. The lowest BCUT2D eigenvalue weighted by atomic mass is 10.1. The quantitative estimate of drug-likeness (QED) is 0.850. The molecule has 0 aliphatic carbocycles. The van der Waals surface area contributed by atoms with Crippen LogP contribution in [0.15, 0.2) is 18.2 Å². The van der Waals surface area contributed by atoms with E-state index < -0.39 is 0 Å². The molecule has 1 amide bonds. The van der Waals surface area contributed by atoms with Crippen LogP contribution in [0.1, 0.15) is 19.4 Å². The molecule has 0 spiro atoms. The van der Waals surface area contributed by atoms with Gasteiger partial charge in [-0.05, 0) is 38.6 Å². The number of rotatable bonds is 4. The molecule has 1 heterocycles. The standard InChI is InChI=1S/C17H26N2O3/c1-12-10-19(11-13(2)18(12)3)17(20)9-14-6-7-15(21-4)16(8-14)22-5/h6-8,12-13H,9-11H2,1-5H3. The Morgan fingerprint density at radius 2 is 1.73 bits per heavy atom. The van der Waals surface area contributed by atoms with Crippen molar-refractivity contribution in [2.75, 3.05) is 34.4 Å². The highest BCUT2D eigenvalue weighted by atomic mass is 16.5. The molecule has 2 atom stereocenters. The Hall–Kier alpha value is -1.75. The predicted molar refractivity (Wildman–Crippen MR) is 86.5 cm³/mol. The Balaban J connectivity index is 2.06. The minimum Gasteiger partial charge on any atom is -0.493 e. The van der Waals surface area contributed by atoms with Crippen molar-refractivity contribution < 1.29 is 14.3 Å². The molecule has 1 aromatic rings. The third-order valence-electron chi connectivity index (χ3n) is 4.52. The zero-order valence-electron chi connectivity index (χ0n) is 14.1. The zero-order chi connectivity index (χ0) is 16.3. The summed E-state index contributed by atoms with van der Waals surface area (Å²) in [5, 5.41) is 0. The summed E-state index contributed by atoms with van der Waals surface area (Å²) >= 11 is 0. The Morgan fingerprint density at radius 3 is 2.27 bits per heavy atom. The number of likely N-dealkylation sites (N-methyl/N-ethyl adjacent to an activating group) is 1. The SMILES string of the molecule is COc1ccc(CC(=O)N2CC(C)N(C)C(C)C2)cc1OC. The number of carbonyl (C=O) groups is 1. The maximum atomic E-state index is 12.6. The first-order valence-electron chi connectivity index (χ1n) is 7.66. The molecule has 22 heavy (non-hydrogen) atoms. The van der Waals surface area contributed by atoms with Gasteiger partial charge >= 0.3 is 0 Å². The average Bonchev–Trinajstić information content (AvgIpc) is 2.51. The largest absolute Gasteiger partial charge is 0.493 e. The van der Waals surface area contributed by atoms with Crippen LogP contribution in [0.3, 0.4) is 0 Å². The first-order chi connectivity index (χ1) is 10.5. The second-order valence-corrected chi connectivity index (χ2v) is 6.03. The highest BCUT2D eigenvalue weighted by molar-refractivity contribution is 5.79. The van der Waals surface area contributed by atoms with Crippen LogP contribution in [0.2, 0.25) is 0 Å². The first-order valence-corrected chi connectivity index (χ1v) is 7.66. The van der Waals surface area contributed by atoms with Crippen LogP contribution < -0.4 is 9.47 Å². The fourth-order valence-corrected chi connectivity index (χ4v) is 2.89. The molecule has 1 saturated heterocycles. The Bertz CT molecular complexity index is 521. The molecule has 5 heteroatoms. The fourth-order valence-electron chi connectivity index (χ4n) is 2.89. The van der Waals surface area contributed by atoms with Gasteiger partial charge in [0.05, 0.1) is 20.6 Å². The minimum atomic E-state index is 0.166. The van der Waals surface area contributed by atoms with E-state index in [2.05, 4.69) is 25.8 Å². The molecule has 0 radical (unpaired) electrons. The summed E-state index contributed by atoms with van der Waals surface area (Å²) in [5.41, 5.74) is 0.946. The molecule has 1 aliphatic rings. The lowest BCUT2D eigenvalue weighted by Gasteiger charge is -2.42. The van der Waals surface area contributed by atoms with E-state index in [4.69, 9.17) is 9.47 Å². The van der Waals surface area contributed by atoms with E-state index in [1.54, 1.807) is 14.2 Å². The molecule has 0 bridgehead atoms. The smallest absolute Gasteiger partial charge is 0.227 e. The Labute approximate surface area is 132 Å². The van der Waals surface area contributed by atoms with E-state index >= 15 is 0 Å². The normalized spacial score (nSPS) is 22.5. The van der Waals surface area contributed by atoms with Crippen LogP contribution in [-0.4, -0.2) is 62.1 Å². The van der Waals surface area contributed by atoms with Crippen LogP contribution in [0.5, 0.6) is 11.5 Å². The van der Waals surface area contributed by atoms with E-state index in [1.807, 2.05) is 23.1 Å². The number of carbonyl (C=O) groups excluding carboxylic acids is 1. The molecule has 2 rings (SSSR count). The third-order valence-corrected chi connectivity index (χ3v) is 4.52. The van der Waals surface area contributed by atoms with Gasteiger partial charge in [-0.3, -0.25) is 9.69 Å². The van der Waals surface area contributed by atoms with E-state index in [0.717, 1.165) is 18.7 Å². The third kappa shape index (κ3) is 3.53. The molecule has 1 fully saturated rings. The number of amides is 1. The van der Waals surface area contributed by atoms with Gasteiger partial charge in [-0.2, -0.15) is 0 Å². The van der Waals surface area contributed by atoms with Gasteiger partial charge in [0.25, 0.3) is 0 Å². The molecule has 1 aromatic carbocycles. The molecule has 5 nitrogen and oxygen atoms in total. The molecular formula is C17H26N2O3. The van der Waals surface area contributed by atoms with Crippen molar-refractivity contribution in [3.05, 3.63) is 23.8 Å². The van der Waals surface area contributed by atoms with Gasteiger partial charge in [-0.1, -0.05) is 6.07 Å². The Kier molecular flexibility index (Phi) is 5.29. The topological polar surface area (TPSA) is 42.0 Å². The van der Waals surface area contributed by atoms with Gasteiger partial charge in [-0.25, -0.2) is 0 Å². The maximum absolute atomic E-state index is 12.6. The number of ether oxygens (including phenoxy) is 2. The fraction of sp³-hybridized carbons (Fsp3) is 0.588. The molecule has 0 saturated carbocycles. The predicted octanol–water partition coefficient (Wildman–Crippen LogP) is 1.80. The van der Waals surface area contributed by atoms with Gasteiger partial charge < -0.3 is 14.4 Å². The molecular weight excluding hydrogens is 280 g/mol. The monoisotopic (exact) mass is 306 g/mol. The summed E-state index contributed by atoms with van der Waals surface area (Å²) < 4.78 is 10.5. The van der Waals surface area contributed by atoms with Crippen LogP contribution in [0.25, 0.3) is 0 Å². The maximum Gasteiger partial charge on any atom is 0.227 e. The van der Waals surface area contributed by atoms with Crippen molar-refractivity contribution in [2.24, 2.45) is 0 Å². The number of hydrogen-bond donors (Lipinski definition) is 0. The van der Waals surface area contributed by atoms with Gasteiger partial charge in [-0.15, -0.1) is 0 Å². The molecule has 2 unspecified atom stereocenters. The number of methoxy groups -OCH3 is 2. The second kappa shape index (κ2) is 7.01. The van der Waals surface area contributed by atoms with E-state index in [9.17, 15) is 4.79 Å². The van der Waals surface area contributed by atoms with Crippen molar-refractivity contribution in [3.63, 3.8) is 0 Å². The lowest BCUT2D eigenvalue weighted by molar-refractivity contribution is -0.134. The Morgan fingerprint density at radius 1 is 1.14 bits per heavy atom. The number of benzene rings is 1. The number of hydrogen-bond acceptors (Lipinski definition) is 4. The summed E-state index contributed by atoms with van der Waals surface area (Å²) in [4.78, 5) is 16.8. The average molecular weight is 306 g/mol. The summed E-state index contributed by atoms with van der Waals surface area (Å²) in [7, 11) is 5.33. The summed E-state index contributed by atoms with van der Waals surface area (Å²) in [5.74, 6) is 1.51. The van der Waals surface area contributed by atoms with Gasteiger partial charge in [0, 0.05) is 25.2 Å². The number of piperazine rings is 1. The number of nitrogens with zero attached hydrogens (tertiary/aromatic N) is 2. The molecule has 122 valence electrons. The molecule has 1 aliphatic heterocycles. The minimum absolute atomic E-state index is 0.166. The lowest BCUT2D eigenvalue weighted by Crippen LogP contribution is -2.56. The van der Waals surface area contributed by atoms with Gasteiger partial charge in [0.1, 0.15) is 0 Å². The first kappa shape index (κ1) is 16.6. The van der Waals surface area contributed by atoms with Crippen molar-refractivity contribution >= 4 is 5.91 Å². The van der Waals surface area contributed by atoms with Crippen molar-refractivity contribution in [1.29, 1.82) is 0 Å². The summed E-state index contributed by atoms with van der Waals surface area (Å²) in [6, 6.07) is 6.41. The van der Waals surface area contributed by atoms with E-state index in [1.165, 1.54) is 0 Å². The summed E-state index contributed by atoms with van der Waals surface area (Å²) in [6.45, 7) is 5.89. The zero-order valence-corrected chi connectivity index (χ0v) is 14.1. The van der Waals surface area contributed by atoms with E-state index in [0.29, 0.717) is 30.0 Å². The molecule has 0 aromatic heterocycles. The van der Waals surface area contributed by atoms with Crippen LogP contribution in [0, 0.1) is 0 Å². The van der Waals surface area contributed by atoms with Crippen molar-refractivity contribution in [1.82, 2.24) is 9.80 Å². The summed E-state index contributed by atoms with van der Waals surface area (Å²) in [6.07, 6.45) is 0.392. The van der Waals surface area contributed by atoms with Crippen molar-refractivity contribution in [3.8, 4) is 11.5 Å². The second-order valence-electron chi connectivity index (χ2n) is 6.03. The van der Waals surface area contributed by atoms with Crippen molar-refractivity contribution in [2.45, 2.75) is 32.4 Å². The van der Waals surface area contributed by atoms with Crippen LogP contribution in [-0.2, 0) is 11.2 Å². The highest BCUT2D eigenvalue weighted by Crippen LogP contribution is 2.28. The van der Waals surface area contributed by atoms with Crippen LogP contribution >= 0.6 is 0 Å². The van der Waals surface area contributed by atoms with Crippen LogP contribution in [0.4, 0.5) is 0 Å². The van der Waals surface area contributed by atoms with E-state index in [-0.39, 0.29) is 5.91 Å².